The summed E-state index contributed by atoms with van der Waals surface area (Å²) in [7, 11) is 0. The number of nitrogens with zero attached hydrogens (tertiary/aromatic N) is 2. The van der Waals surface area contributed by atoms with E-state index in [0.717, 1.165) is 0 Å². The minimum Gasteiger partial charge on any atom is -0.391 e. The van der Waals surface area contributed by atoms with Crippen LogP contribution in [0, 0.1) is 6.92 Å². The van der Waals surface area contributed by atoms with Gasteiger partial charge in [0.05, 0.1) is 6.54 Å². The molecule has 0 fully saturated rings. The van der Waals surface area contributed by atoms with E-state index in [1.54, 1.807) is 13.0 Å². The molecule has 0 aliphatic carbocycles. The number of rotatable bonds is 2. The second kappa shape index (κ2) is 4.86. The molecule has 1 aromatic heterocycles. The first-order valence-electron chi connectivity index (χ1n) is 5.33. The highest BCUT2D eigenvalue weighted by Gasteiger charge is 2.17. The molecule has 0 spiro atoms. The standard InChI is InChI=1S/C10H14N4O3/c1-6-3-8(13-16-6)5-11-10(15)12-9-4-7(2)17-14-9/h3,7H,4-5H2,1-2H3,(H2,11,12,14,15). The molecule has 1 aromatic rings. The average molecular weight is 238 g/mol. The first-order valence-corrected chi connectivity index (χ1v) is 5.33. The number of aromatic nitrogens is 1. The summed E-state index contributed by atoms with van der Waals surface area (Å²) in [4.78, 5) is 16.4. The molecule has 2 amide bonds. The molecule has 92 valence electrons. The third kappa shape index (κ3) is 3.20. The Morgan fingerprint density at radius 2 is 2.47 bits per heavy atom. The predicted octanol–water partition coefficient (Wildman–Crippen LogP) is 0.905. The van der Waals surface area contributed by atoms with Crippen molar-refractivity contribution in [2.24, 2.45) is 5.16 Å². The summed E-state index contributed by atoms with van der Waals surface area (Å²) in [6.45, 7) is 3.99. The molecule has 2 rings (SSSR count). The van der Waals surface area contributed by atoms with Gasteiger partial charge in [-0.05, 0) is 13.8 Å². The van der Waals surface area contributed by atoms with E-state index in [1.165, 1.54) is 0 Å². The number of hydrogen-bond donors (Lipinski definition) is 2. The molecule has 1 unspecified atom stereocenters. The van der Waals surface area contributed by atoms with E-state index in [1.807, 2.05) is 6.92 Å². The van der Waals surface area contributed by atoms with Crippen LogP contribution in [0.25, 0.3) is 0 Å². The quantitative estimate of drug-likeness (QED) is 0.801. The van der Waals surface area contributed by atoms with Gasteiger partial charge in [0, 0.05) is 12.5 Å². The van der Waals surface area contributed by atoms with Gasteiger partial charge in [0.1, 0.15) is 17.6 Å². The highest BCUT2D eigenvalue weighted by atomic mass is 16.6. The minimum atomic E-state index is -0.331. The van der Waals surface area contributed by atoms with Crippen LogP contribution in [0.2, 0.25) is 0 Å². The lowest BCUT2D eigenvalue weighted by Crippen LogP contribution is -2.38. The summed E-state index contributed by atoms with van der Waals surface area (Å²) in [5.74, 6) is 1.25. The van der Waals surface area contributed by atoms with Gasteiger partial charge in [-0.1, -0.05) is 10.3 Å². The van der Waals surface area contributed by atoms with Crippen molar-refractivity contribution in [2.45, 2.75) is 32.9 Å². The Kier molecular flexibility index (Phi) is 3.27. The van der Waals surface area contributed by atoms with Crippen LogP contribution < -0.4 is 10.6 Å². The number of amides is 2. The fourth-order valence-corrected chi connectivity index (χ4v) is 1.42. The third-order valence-electron chi connectivity index (χ3n) is 2.19. The second-order valence-electron chi connectivity index (χ2n) is 3.89. The summed E-state index contributed by atoms with van der Waals surface area (Å²) in [6, 6.07) is 1.43. The number of amidine groups is 1. The normalized spacial score (nSPS) is 18.5. The topological polar surface area (TPSA) is 88.8 Å². The van der Waals surface area contributed by atoms with E-state index in [2.05, 4.69) is 20.9 Å². The molecule has 7 heteroatoms. The van der Waals surface area contributed by atoms with Gasteiger partial charge in [0.25, 0.3) is 0 Å². The van der Waals surface area contributed by atoms with Gasteiger partial charge in [0.2, 0.25) is 0 Å². The molecule has 0 radical (unpaired) electrons. The van der Waals surface area contributed by atoms with Crippen molar-refractivity contribution in [3.05, 3.63) is 17.5 Å². The Balaban J connectivity index is 1.74. The Hall–Kier alpha value is -2.05. The largest absolute Gasteiger partial charge is 0.391 e. The number of carbonyl (C=O) groups excluding carboxylic acids is 1. The predicted molar refractivity (Wildman–Crippen MR) is 59.2 cm³/mol. The van der Waals surface area contributed by atoms with Crippen LogP contribution in [0.3, 0.4) is 0 Å². The van der Waals surface area contributed by atoms with Gasteiger partial charge >= 0.3 is 6.03 Å². The number of aryl methyl sites for hydroxylation is 1. The van der Waals surface area contributed by atoms with E-state index in [9.17, 15) is 4.79 Å². The molecule has 7 nitrogen and oxygen atoms in total. The summed E-state index contributed by atoms with van der Waals surface area (Å²) in [5, 5.41) is 12.7. The number of nitrogens with one attached hydrogen (secondary N) is 2. The molecule has 1 aliphatic rings. The number of hydrogen-bond acceptors (Lipinski definition) is 5. The van der Waals surface area contributed by atoms with Crippen LogP contribution in [-0.4, -0.2) is 23.1 Å². The highest BCUT2D eigenvalue weighted by molar-refractivity contribution is 5.97. The van der Waals surface area contributed by atoms with Crippen LogP contribution in [0.4, 0.5) is 4.79 Å². The summed E-state index contributed by atoms with van der Waals surface area (Å²) in [6.07, 6.45) is 0.625. The van der Waals surface area contributed by atoms with Crippen molar-refractivity contribution in [3.8, 4) is 0 Å². The van der Waals surface area contributed by atoms with E-state index >= 15 is 0 Å². The van der Waals surface area contributed by atoms with Crippen molar-refractivity contribution in [1.82, 2.24) is 15.8 Å². The van der Waals surface area contributed by atoms with Crippen LogP contribution >= 0.6 is 0 Å². The molecule has 0 saturated carbocycles. The van der Waals surface area contributed by atoms with Crippen molar-refractivity contribution < 1.29 is 14.2 Å². The maximum absolute atomic E-state index is 11.5. The lowest BCUT2D eigenvalue weighted by molar-refractivity contribution is 0.0995. The SMILES string of the molecule is Cc1cc(CNC(=O)NC2=NOC(C)C2)no1. The van der Waals surface area contributed by atoms with Crippen molar-refractivity contribution in [1.29, 1.82) is 0 Å². The molecule has 2 N–H and O–H groups in total. The third-order valence-corrected chi connectivity index (χ3v) is 2.19. The van der Waals surface area contributed by atoms with Gasteiger partial charge in [-0.15, -0.1) is 0 Å². The molecule has 1 aliphatic heterocycles. The van der Waals surface area contributed by atoms with Crippen molar-refractivity contribution >= 4 is 11.9 Å². The van der Waals surface area contributed by atoms with Crippen LogP contribution in [0.1, 0.15) is 24.8 Å². The Morgan fingerprint density at radius 1 is 1.65 bits per heavy atom. The van der Waals surface area contributed by atoms with Crippen LogP contribution in [0.5, 0.6) is 0 Å². The zero-order valence-corrected chi connectivity index (χ0v) is 9.69. The lowest BCUT2D eigenvalue weighted by atomic mass is 10.3. The van der Waals surface area contributed by atoms with Gasteiger partial charge in [0.15, 0.2) is 5.84 Å². The van der Waals surface area contributed by atoms with Crippen LogP contribution in [0.15, 0.2) is 15.7 Å². The van der Waals surface area contributed by atoms with Crippen molar-refractivity contribution in [3.63, 3.8) is 0 Å². The summed E-state index contributed by atoms with van der Waals surface area (Å²) in [5.41, 5.74) is 0.677. The van der Waals surface area contributed by atoms with Crippen molar-refractivity contribution in [2.75, 3.05) is 0 Å². The molecule has 2 heterocycles. The van der Waals surface area contributed by atoms with Crippen LogP contribution in [-0.2, 0) is 11.4 Å². The summed E-state index contributed by atoms with van der Waals surface area (Å²) >= 11 is 0. The van der Waals surface area contributed by atoms with E-state index < -0.39 is 0 Å². The number of urea groups is 1. The molecular formula is C10H14N4O3. The molecular weight excluding hydrogens is 224 g/mol. The van der Waals surface area contributed by atoms with Gasteiger partial charge in [-0.25, -0.2) is 4.79 Å². The fraction of sp³-hybridized carbons (Fsp3) is 0.500. The zero-order chi connectivity index (χ0) is 12.3. The van der Waals surface area contributed by atoms with Gasteiger partial charge < -0.3 is 14.7 Å². The Bertz CT molecular complexity index is 441. The average Bonchev–Trinajstić information content (AvgIpc) is 2.85. The maximum Gasteiger partial charge on any atom is 0.320 e. The Labute approximate surface area is 98.2 Å². The van der Waals surface area contributed by atoms with Gasteiger partial charge in [-0.3, -0.25) is 5.32 Å². The minimum absolute atomic E-state index is 0.0171. The monoisotopic (exact) mass is 238 g/mol. The molecule has 17 heavy (non-hydrogen) atoms. The summed E-state index contributed by atoms with van der Waals surface area (Å²) < 4.78 is 4.88. The first kappa shape index (κ1) is 11.4. The molecule has 0 saturated heterocycles. The lowest BCUT2D eigenvalue weighted by Gasteiger charge is -2.04. The maximum atomic E-state index is 11.5. The van der Waals surface area contributed by atoms with Gasteiger partial charge in [-0.2, -0.15) is 0 Å². The molecule has 0 bridgehead atoms. The molecule has 1 atom stereocenters. The smallest absolute Gasteiger partial charge is 0.320 e. The first-order chi connectivity index (χ1) is 8.13. The molecule has 0 aromatic carbocycles. The highest BCUT2D eigenvalue weighted by Crippen LogP contribution is 2.07. The van der Waals surface area contributed by atoms with E-state index in [4.69, 9.17) is 9.36 Å². The van der Waals surface area contributed by atoms with E-state index in [0.29, 0.717) is 30.3 Å². The Morgan fingerprint density at radius 3 is 3.06 bits per heavy atom. The van der Waals surface area contributed by atoms with E-state index in [-0.39, 0.29) is 12.1 Å². The fourth-order valence-electron chi connectivity index (χ4n) is 1.42. The second-order valence-corrected chi connectivity index (χ2v) is 3.89. The number of carbonyl (C=O) groups is 1. The zero-order valence-electron chi connectivity index (χ0n) is 9.69. The number of oxime groups is 1.